The Balaban J connectivity index is 2.48. The molecule has 1 atom stereocenters. The number of nitriles is 1. The molecule has 0 bridgehead atoms. The summed E-state index contributed by atoms with van der Waals surface area (Å²) in [5.74, 6) is 0.811. The average molecular weight is 276 g/mol. The van der Waals surface area contributed by atoms with Gasteiger partial charge in [0.1, 0.15) is 18.5 Å². The maximum atomic E-state index is 10.0. The highest BCUT2D eigenvalue weighted by Crippen LogP contribution is 2.19. The van der Waals surface area contributed by atoms with Gasteiger partial charge < -0.3 is 9.84 Å². The first-order chi connectivity index (χ1) is 9.56. The Hall–Kier alpha value is -1.57. The summed E-state index contributed by atoms with van der Waals surface area (Å²) in [4.78, 5) is 1.94. The fourth-order valence-corrected chi connectivity index (χ4v) is 2.05. The molecule has 20 heavy (non-hydrogen) atoms. The van der Waals surface area contributed by atoms with Gasteiger partial charge in [-0.25, -0.2) is 0 Å². The number of hydrogen-bond donors (Lipinski definition) is 1. The van der Waals surface area contributed by atoms with Crippen LogP contribution >= 0.6 is 0 Å². The van der Waals surface area contributed by atoms with Crippen molar-refractivity contribution < 1.29 is 9.84 Å². The summed E-state index contributed by atoms with van der Waals surface area (Å²) >= 11 is 0. The Labute approximate surface area is 121 Å². The van der Waals surface area contributed by atoms with E-state index in [1.165, 1.54) is 0 Å². The fourth-order valence-electron chi connectivity index (χ4n) is 2.05. The second-order valence-electron chi connectivity index (χ2n) is 5.13. The first-order valence-corrected chi connectivity index (χ1v) is 7.04. The van der Waals surface area contributed by atoms with Crippen molar-refractivity contribution in [1.82, 2.24) is 4.90 Å². The lowest BCUT2D eigenvalue weighted by atomic mass is 10.1. The average Bonchev–Trinajstić information content (AvgIpc) is 2.40. The van der Waals surface area contributed by atoms with E-state index in [1.807, 2.05) is 36.9 Å². The summed E-state index contributed by atoms with van der Waals surface area (Å²) < 4.78 is 5.68. The van der Waals surface area contributed by atoms with Gasteiger partial charge in [0, 0.05) is 6.54 Å². The topological polar surface area (TPSA) is 56.5 Å². The lowest BCUT2D eigenvalue weighted by Gasteiger charge is -2.22. The van der Waals surface area contributed by atoms with E-state index in [9.17, 15) is 5.11 Å². The molecule has 1 rings (SSSR count). The van der Waals surface area contributed by atoms with Crippen molar-refractivity contribution in [2.45, 2.75) is 33.3 Å². The van der Waals surface area contributed by atoms with E-state index in [-0.39, 0.29) is 6.61 Å². The zero-order valence-electron chi connectivity index (χ0n) is 12.6. The number of nitrogens with zero attached hydrogens (tertiary/aromatic N) is 2. The molecule has 0 amide bonds. The highest BCUT2D eigenvalue weighted by atomic mass is 16.5. The monoisotopic (exact) mass is 276 g/mol. The van der Waals surface area contributed by atoms with Crippen LogP contribution in [0.5, 0.6) is 5.75 Å². The van der Waals surface area contributed by atoms with Crippen molar-refractivity contribution >= 4 is 0 Å². The number of aliphatic hydroxyl groups is 1. The van der Waals surface area contributed by atoms with Crippen LogP contribution in [0.25, 0.3) is 0 Å². The van der Waals surface area contributed by atoms with Crippen LogP contribution in [0.4, 0.5) is 0 Å². The van der Waals surface area contributed by atoms with Gasteiger partial charge in [-0.15, -0.1) is 0 Å². The van der Waals surface area contributed by atoms with Crippen molar-refractivity contribution in [3.05, 3.63) is 29.3 Å². The second kappa shape index (κ2) is 8.57. The molecule has 110 valence electrons. The Morgan fingerprint density at radius 1 is 1.40 bits per heavy atom. The molecule has 0 saturated carbocycles. The molecule has 1 unspecified atom stereocenters. The van der Waals surface area contributed by atoms with Crippen LogP contribution in [0.2, 0.25) is 0 Å². The molecule has 1 aromatic carbocycles. The van der Waals surface area contributed by atoms with Gasteiger partial charge in [-0.3, -0.25) is 4.90 Å². The molecule has 0 heterocycles. The molecule has 0 aliphatic heterocycles. The lowest BCUT2D eigenvalue weighted by molar-refractivity contribution is 0.0722. The molecule has 0 spiro atoms. The second-order valence-corrected chi connectivity index (χ2v) is 5.13. The van der Waals surface area contributed by atoms with Crippen LogP contribution in [0.1, 0.15) is 24.5 Å². The zero-order chi connectivity index (χ0) is 15.0. The molecular weight excluding hydrogens is 252 g/mol. The van der Waals surface area contributed by atoms with Gasteiger partial charge in [0.05, 0.1) is 12.6 Å². The third-order valence-corrected chi connectivity index (χ3v) is 3.08. The Morgan fingerprint density at radius 3 is 2.80 bits per heavy atom. The van der Waals surface area contributed by atoms with Crippen LogP contribution in [-0.4, -0.2) is 42.4 Å². The van der Waals surface area contributed by atoms with E-state index < -0.39 is 6.10 Å². The molecule has 0 fully saturated rings. The fraction of sp³-hybridized carbons (Fsp3) is 0.562. The number of ether oxygens (including phenoxy) is 1. The van der Waals surface area contributed by atoms with Crippen LogP contribution in [0.3, 0.4) is 0 Å². The minimum absolute atomic E-state index is 0.246. The molecule has 0 aliphatic carbocycles. The number of hydrogen-bond acceptors (Lipinski definition) is 4. The van der Waals surface area contributed by atoms with Crippen LogP contribution in [-0.2, 0) is 0 Å². The standard InChI is InChI=1S/C16H24N2O2/c1-4-8-18(9-7-17)11-15(19)12-20-16-10-13(2)5-6-14(16)3/h5-6,10,15,19H,4,8-9,11-12H2,1-3H3. The van der Waals surface area contributed by atoms with Gasteiger partial charge in [0.15, 0.2) is 0 Å². The molecular formula is C16H24N2O2. The van der Waals surface area contributed by atoms with Crippen molar-refractivity contribution in [2.75, 3.05) is 26.2 Å². The molecule has 0 aromatic heterocycles. The SMILES string of the molecule is CCCN(CC#N)CC(O)COc1cc(C)ccc1C. The van der Waals surface area contributed by atoms with Gasteiger partial charge in [0.2, 0.25) is 0 Å². The Kier molecular flexibility index (Phi) is 7.06. The van der Waals surface area contributed by atoms with Crippen molar-refractivity contribution in [2.24, 2.45) is 0 Å². The summed E-state index contributed by atoms with van der Waals surface area (Å²) in [5.41, 5.74) is 2.20. The Bertz CT molecular complexity index is 454. The number of rotatable bonds is 8. The lowest BCUT2D eigenvalue weighted by Crippen LogP contribution is -2.36. The van der Waals surface area contributed by atoms with Crippen LogP contribution in [0.15, 0.2) is 18.2 Å². The quantitative estimate of drug-likeness (QED) is 0.740. The summed E-state index contributed by atoms with van der Waals surface area (Å²) in [6.45, 7) is 7.92. The van der Waals surface area contributed by atoms with Crippen LogP contribution in [0, 0.1) is 25.2 Å². The summed E-state index contributed by atoms with van der Waals surface area (Å²) in [5, 5.41) is 18.8. The normalized spacial score (nSPS) is 12.2. The first-order valence-electron chi connectivity index (χ1n) is 7.04. The molecule has 4 heteroatoms. The minimum Gasteiger partial charge on any atom is -0.491 e. The van der Waals surface area contributed by atoms with E-state index in [0.717, 1.165) is 29.8 Å². The third-order valence-electron chi connectivity index (χ3n) is 3.08. The maximum Gasteiger partial charge on any atom is 0.122 e. The van der Waals surface area contributed by atoms with Gasteiger partial charge in [-0.1, -0.05) is 19.1 Å². The van der Waals surface area contributed by atoms with E-state index in [4.69, 9.17) is 10.00 Å². The third kappa shape index (κ3) is 5.60. The van der Waals surface area contributed by atoms with E-state index >= 15 is 0 Å². The summed E-state index contributed by atoms with van der Waals surface area (Å²) in [7, 11) is 0. The first kappa shape index (κ1) is 16.5. The molecule has 0 radical (unpaired) electrons. The van der Waals surface area contributed by atoms with Crippen molar-refractivity contribution in [3.8, 4) is 11.8 Å². The molecule has 1 N–H and O–H groups in total. The van der Waals surface area contributed by atoms with Gasteiger partial charge in [-0.2, -0.15) is 5.26 Å². The van der Waals surface area contributed by atoms with Gasteiger partial charge >= 0.3 is 0 Å². The largest absolute Gasteiger partial charge is 0.491 e. The maximum absolute atomic E-state index is 10.0. The predicted molar refractivity (Wildman–Crippen MR) is 79.8 cm³/mol. The van der Waals surface area contributed by atoms with Crippen molar-refractivity contribution in [3.63, 3.8) is 0 Å². The van der Waals surface area contributed by atoms with E-state index in [2.05, 4.69) is 13.0 Å². The highest BCUT2D eigenvalue weighted by Gasteiger charge is 2.12. The van der Waals surface area contributed by atoms with Gasteiger partial charge in [0.25, 0.3) is 0 Å². The van der Waals surface area contributed by atoms with Crippen LogP contribution < -0.4 is 4.74 Å². The smallest absolute Gasteiger partial charge is 0.122 e. The molecule has 1 aromatic rings. The predicted octanol–water partition coefficient (Wildman–Crippen LogP) is 2.28. The van der Waals surface area contributed by atoms with Crippen molar-refractivity contribution in [1.29, 1.82) is 5.26 Å². The minimum atomic E-state index is -0.588. The number of aryl methyl sites for hydroxylation is 2. The zero-order valence-corrected chi connectivity index (χ0v) is 12.6. The number of aliphatic hydroxyl groups excluding tert-OH is 1. The van der Waals surface area contributed by atoms with Gasteiger partial charge in [-0.05, 0) is 44.0 Å². The molecule has 0 saturated heterocycles. The van der Waals surface area contributed by atoms with E-state index in [0.29, 0.717) is 13.1 Å². The summed E-state index contributed by atoms with van der Waals surface area (Å²) in [6.07, 6.45) is 0.376. The highest BCUT2D eigenvalue weighted by molar-refractivity contribution is 5.35. The molecule has 4 nitrogen and oxygen atoms in total. The Morgan fingerprint density at radius 2 is 2.15 bits per heavy atom. The number of benzene rings is 1. The molecule has 0 aliphatic rings. The van der Waals surface area contributed by atoms with E-state index in [1.54, 1.807) is 0 Å². The summed E-state index contributed by atoms with van der Waals surface area (Å²) in [6, 6.07) is 8.14.